The SMILES string of the molecule is CCCCCCCC(C)(NCC(C)C)C(=O)OC. The summed E-state index contributed by atoms with van der Waals surface area (Å²) >= 11 is 0. The average molecular weight is 257 g/mol. The number of hydrogen-bond donors (Lipinski definition) is 1. The summed E-state index contributed by atoms with van der Waals surface area (Å²) in [5.41, 5.74) is -0.523. The van der Waals surface area contributed by atoms with Gasteiger partial charge in [0.2, 0.25) is 0 Å². The van der Waals surface area contributed by atoms with E-state index in [2.05, 4.69) is 26.1 Å². The Morgan fingerprint density at radius 1 is 1.22 bits per heavy atom. The van der Waals surface area contributed by atoms with Crippen molar-refractivity contribution in [3.8, 4) is 0 Å². The smallest absolute Gasteiger partial charge is 0.325 e. The number of methoxy groups -OCH3 is 1. The zero-order chi connectivity index (χ0) is 14.0. The zero-order valence-corrected chi connectivity index (χ0v) is 12.8. The lowest BCUT2D eigenvalue weighted by molar-refractivity contribution is -0.148. The van der Waals surface area contributed by atoms with Gasteiger partial charge in [-0.2, -0.15) is 0 Å². The van der Waals surface area contributed by atoms with Crippen LogP contribution < -0.4 is 5.32 Å². The molecule has 0 bridgehead atoms. The molecular weight excluding hydrogens is 226 g/mol. The van der Waals surface area contributed by atoms with Crippen molar-refractivity contribution < 1.29 is 9.53 Å². The quantitative estimate of drug-likeness (QED) is 0.480. The van der Waals surface area contributed by atoms with Gasteiger partial charge in [0.25, 0.3) is 0 Å². The highest BCUT2D eigenvalue weighted by molar-refractivity contribution is 5.80. The third-order valence-electron chi connectivity index (χ3n) is 3.32. The van der Waals surface area contributed by atoms with Gasteiger partial charge in [0.15, 0.2) is 0 Å². The second-order valence-corrected chi connectivity index (χ2v) is 5.76. The van der Waals surface area contributed by atoms with Gasteiger partial charge in [0.1, 0.15) is 5.54 Å². The first-order valence-electron chi connectivity index (χ1n) is 7.29. The average Bonchev–Trinajstić information content (AvgIpc) is 2.35. The van der Waals surface area contributed by atoms with E-state index >= 15 is 0 Å². The molecule has 0 radical (unpaired) electrons. The minimum Gasteiger partial charge on any atom is -0.468 e. The molecule has 0 spiro atoms. The Labute approximate surface area is 113 Å². The van der Waals surface area contributed by atoms with Gasteiger partial charge in [-0.3, -0.25) is 4.79 Å². The van der Waals surface area contributed by atoms with Crippen LogP contribution in [0.1, 0.15) is 66.2 Å². The normalized spacial score (nSPS) is 14.6. The number of nitrogens with one attached hydrogen (secondary N) is 1. The van der Waals surface area contributed by atoms with Crippen LogP contribution in [0.25, 0.3) is 0 Å². The summed E-state index contributed by atoms with van der Waals surface area (Å²) in [5.74, 6) is 0.396. The molecule has 1 N–H and O–H groups in total. The monoisotopic (exact) mass is 257 g/mol. The van der Waals surface area contributed by atoms with Gasteiger partial charge in [-0.05, 0) is 25.8 Å². The van der Waals surface area contributed by atoms with Crippen molar-refractivity contribution >= 4 is 5.97 Å². The first-order chi connectivity index (χ1) is 8.46. The van der Waals surface area contributed by atoms with Crippen molar-refractivity contribution in [1.29, 1.82) is 0 Å². The molecule has 3 heteroatoms. The van der Waals surface area contributed by atoms with Crippen molar-refractivity contribution in [2.75, 3.05) is 13.7 Å². The third-order valence-corrected chi connectivity index (χ3v) is 3.32. The maximum Gasteiger partial charge on any atom is 0.325 e. The van der Waals surface area contributed by atoms with Crippen LogP contribution >= 0.6 is 0 Å². The molecule has 0 saturated heterocycles. The van der Waals surface area contributed by atoms with Crippen LogP contribution in [-0.4, -0.2) is 25.2 Å². The van der Waals surface area contributed by atoms with Crippen LogP contribution in [0.2, 0.25) is 0 Å². The Kier molecular flexibility index (Phi) is 9.08. The molecule has 0 aliphatic rings. The fourth-order valence-corrected chi connectivity index (χ4v) is 2.00. The van der Waals surface area contributed by atoms with Crippen molar-refractivity contribution in [3.05, 3.63) is 0 Å². The Morgan fingerprint density at radius 3 is 2.33 bits per heavy atom. The van der Waals surface area contributed by atoms with Gasteiger partial charge in [0, 0.05) is 0 Å². The number of rotatable bonds is 10. The van der Waals surface area contributed by atoms with Crippen molar-refractivity contribution in [1.82, 2.24) is 5.32 Å². The summed E-state index contributed by atoms with van der Waals surface area (Å²) in [6.07, 6.45) is 6.93. The molecule has 1 unspecified atom stereocenters. The van der Waals surface area contributed by atoms with Crippen molar-refractivity contribution in [3.63, 3.8) is 0 Å². The molecular formula is C15H31NO2. The van der Waals surface area contributed by atoms with Crippen LogP contribution in [0.4, 0.5) is 0 Å². The Bertz CT molecular complexity index is 229. The summed E-state index contributed by atoms with van der Waals surface area (Å²) in [5, 5.41) is 3.36. The Hall–Kier alpha value is -0.570. The molecule has 0 aromatic rings. The molecule has 18 heavy (non-hydrogen) atoms. The molecule has 0 aromatic carbocycles. The molecule has 1 atom stereocenters. The van der Waals surface area contributed by atoms with Gasteiger partial charge in [-0.15, -0.1) is 0 Å². The Morgan fingerprint density at radius 2 is 1.83 bits per heavy atom. The number of carbonyl (C=O) groups is 1. The lowest BCUT2D eigenvalue weighted by Gasteiger charge is -2.29. The maximum absolute atomic E-state index is 11.9. The summed E-state index contributed by atoms with van der Waals surface area (Å²) in [6, 6.07) is 0. The van der Waals surface area contributed by atoms with Gasteiger partial charge < -0.3 is 10.1 Å². The van der Waals surface area contributed by atoms with E-state index in [4.69, 9.17) is 4.74 Å². The van der Waals surface area contributed by atoms with Crippen LogP contribution in [0, 0.1) is 5.92 Å². The van der Waals surface area contributed by atoms with E-state index in [1.165, 1.54) is 32.8 Å². The lowest BCUT2D eigenvalue weighted by Crippen LogP contribution is -2.51. The van der Waals surface area contributed by atoms with E-state index in [0.717, 1.165) is 19.4 Å². The van der Waals surface area contributed by atoms with Crippen molar-refractivity contribution in [2.45, 2.75) is 71.8 Å². The van der Waals surface area contributed by atoms with Gasteiger partial charge in [-0.1, -0.05) is 52.9 Å². The molecule has 0 aliphatic heterocycles. The summed E-state index contributed by atoms with van der Waals surface area (Å²) in [4.78, 5) is 11.9. The maximum atomic E-state index is 11.9. The molecule has 0 fully saturated rings. The van der Waals surface area contributed by atoms with Gasteiger partial charge in [0.05, 0.1) is 7.11 Å². The standard InChI is InChI=1S/C15H31NO2/c1-6-7-8-9-10-11-15(4,14(17)18-5)16-12-13(2)3/h13,16H,6-12H2,1-5H3. The zero-order valence-electron chi connectivity index (χ0n) is 12.8. The van der Waals surface area contributed by atoms with Crippen LogP contribution in [0.3, 0.4) is 0 Å². The molecule has 0 saturated carbocycles. The number of carbonyl (C=O) groups excluding carboxylic acids is 1. The number of unbranched alkanes of at least 4 members (excludes halogenated alkanes) is 4. The highest BCUT2D eigenvalue weighted by atomic mass is 16.5. The first kappa shape index (κ1) is 17.4. The fraction of sp³-hybridized carbons (Fsp3) is 0.933. The fourth-order valence-electron chi connectivity index (χ4n) is 2.00. The van der Waals surface area contributed by atoms with E-state index in [1.807, 2.05) is 6.92 Å². The minimum atomic E-state index is -0.523. The number of ether oxygens (including phenoxy) is 1. The molecule has 0 heterocycles. The molecule has 0 aliphatic carbocycles. The highest BCUT2D eigenvalue weighted by Gasteiger charge is 2.33. The number of esters is 1. The summed E-state index contributed by atoms with van der Waals surface area (Å²) in [6.45, 7) is 9.31. The number of hydrogen-bond acceptors (Lipinski definition) is 3. The second-order valence-electron chi connectivity index (χ2n) is 5.76. The molecule has 3 nitrogen and oxygen atoms in total. The molecule has 108 valence electrons. The second kappa shape index (κ2) is 9.37. The lowest BCUT2D eigenvalue weighted by atomic mass is 9.93. The van der Waals surface area contributed by atoms with Gasteiger partial charge >= 0.3 is 5.97 Å². The van der Waals surface area contributed by atoms with E-state index in [0.29, 0.717) is 5.92 Å². The van der Waals surface area contributed by atoms with E-state index in [9.17, 15) is 4.79 Å². The van der Waals surface area contributed by atoms with Crippen LogP contribution in [0.15, 0.2) is 0 Å². The molecule has 0 amide bonds. The summed E-state index contributed by atoms with van der Waals surface area (Å²) in [7, 11) is 1.47. The predicted octanol–water partition coefficient (Wildman–Crippen LogP) is 3.52. The molecule has 0 aromatic heterocycles. The Balaban J connectivity index is 4.17. The first-order valence-corrected chi connectivity index (χ1v) is 7.29. The highest BCUT2D eigenvalue weighted by Crippen LogP contribution is 2.18. The third kappa shape index (κ3) is 7.00. The van der Waals surface area contributed by atoms with E-state index in [1.54, 1.807) is 0 Å². The van der Waals surface area contributed by atoms with Crippen LogP contribution in [-0.2, 0) is 9.53 Å². The van der Waals surface area contributed by atoms with E-state index in [-0.39, 0.29) is 5.97 Å². The largest absolute Gasteiger partial charge is 0.468 e. The topological polar surface area (TPSA) is 38.3 Å². The minimum absolute atomic E-state index is 0.140. The van der Waals surface area contributed by atoms with Crippen molar-refractivity contribution in [2.24, 2.45) is 5.92 Å². The van der Waals surface area contributed by atoms with Crippen LogP contribution in [0.5, 0.6) is 0 Å². The van der Waals surface area contributed by atoms with Gasteiger partial charge in [-0.25, -0.2) is 0 Å². The molecule has 0 rings (SSSR count). The predicted molar refractivity (Wildman–Crippen MR) is 76.6 cm³/mol. The summed E-state index contributed by atoms with van der Waals surface area (Å²) < 4.78 is 4.92. The van der Waals surface area contributed by atoms with E-state index < -0.39 is 5.54 Å².